The van der Waals surface area contributed by atoms with Crippen LogP contribution in [0.3, 0.4) is 0 Å². The van der Waals surface area contributed by atoms with Crippen LogP contribution in [0, 0.1) is 59.2 Å². The Bertz CT molecular complexity index is 4360. The molecule has 5 unspecified atom stereocenters. The smallest absolute Gasteiger partial charge is 0.0188 e. The molecule has 0 N–H and O–H groups in total. The summed E-state index contributed by atoms with van der Waals surface area (Å²) >= 11 is 4.31. The second-order valence-corrected chi connectivity index (χ2v) is 35.2. The van der Waals surface area contributed by atoms with E-state index in [1.807, 2.05) is 0 Å². The van der Waals surface area contributed by atoms with Gasteiger partial charge in [0.2, 0.25) is 0 Å². The van der Waals surface area contributed by atoms with Crippen molar-refractivity contribution in [1.29, 1.82) is 0 Å². The molecule has 1 heteroatoms. The van der Waals surface area contributed by atoms with Crippen molar-refractivity contribution in [2.24, 2.45) is 59.2 Å². The van der Waals surface area contributed by atoms with Crippen molar-refractivity contribution < 1.29 is 0 Å². The summed E-state index contributed by atoms with van der Waals surface area (Å²) in [7, 11) is 0. The average Bonchev–Trinajstić information content (AvgIpc) is 0.644. The first-order valence-electron chi connectivity index (χ1n) is 38.7. The Morgan fingerprint density at radius 2 is 0.344 bits per heavy atom. The zero-order chi connectivity index (χ0) is 65.3. The maximum absolute atomic E-state index is 4.31. The van der Waals surface area contributed by atoms with E-state index in [0.717, 1.165) is 61.7 Å². The zero-order valence-corrected chi connectivity index (χ0v) is 62.3. The number of benzene rings is 13. The summed E-state index contributed by atoms with van der Waals surface area (Å²) < 4.78 is 1.20. The van der Waals surface area contributed by atoms with E-state index < -0.39 is 0 Å². The molecule has 93 heavy (non-hydrogen) atoms. The van der Waals surface area contributed by atoms with Gasteiger partial charge in [-0.1, -0.05) is 277 Å². The Morgan fingerprint density at radius 3 is 0.495 bits per heavy atom. The first kappa shape index (κ1) is 66.6. The summed E-state index contributed by atoms with van der Waals surface area (Å²) in [5, 5.41) is 36.2. The molecule has 0 saturated heterocycles. The van der Waals surface area contributed by atoms with Crippen molar-refractivity contribution >= 4 is 145 Å². The summed E-state index contributed by atoms with van der Waals surface area (Å²) in [6, 6.07) is 32.6. The molecule has 0 aliphatic carbocycles. The first-order chi connectivity index (χ1) is 44.7. The Labute approximate surface area is 570 Å². The molecule has 13 rings (SSSR count). The lowest BCUT2D eigenvalue weighted by molar-refractivity contribution is 0.437. The molecular weight excluding hydrogens is 1180 g/mol. The number of hydrogen-bond donors (Lipinski definition) is 0. The van der Waals surface area contributed by atoms with Crippen LogP contribution < -0.4 is 0 Å². The van der Waals surface area contributed by atoms with Crippen molar-refractivity contribution in [1.82, 2.24) is 0 Å². The highest BCUT2D eigenvalue weighted by molar-refractivity contribution is 9.10. The minimum absolute atomic E-state index is 0.693. The van der Waals surface area contributed by atoms with Crippen molar-refractivity contribution in [3.05, 3.63) is 105 Å². The predicted molar refractivity (Wildman–Crippen MR) is 422 cm³/mol. The van der Waals surface area contributed by atoms with Crippen molar-refractivity contribution in [3.63, 3.8) is 0 Å². The molecule has 0 aromatic heterocycles. The summed E-state index contributed by atoms with van der Waals surface area (Å²) in [5.41, 5.74) is 7.64. The van der Waals surface area contributed by atoms with Gasteiger partial charge in [-0.2, -0.15) is 0 Å². The zero-order valence-electron chi connectivity index (χ0n) is 60.8. The molecule has 5 atom stereocenters. The topological polar surface area (TPSA) is 0 Å². The molecule has 0 amide bonds. The van der Waals surface area contributed by atoms with E-state index in [0.29, 0.717) is 29.6 Å². The van der Waals surface area contributed by atoms with Crippen LogP contribution in [0.4, 0.5) is 0 Å². The van der Waals surface area contributed by atoms with Gasteiger partial charge >= 0.3 is 0 Å². The van der Waals surface area contributed by atoms with Gasteiger partial charge in [0.25, 0.3) is 0 Å². The van der Waals surface area contributed by atoms with Crippen molar-refractivity contribution in [3.8, 4) is 0 Å². The van der Waals surface area contributed by atoms with Crippen LogP contribution >= 0.6 is 15.9 Å². The molecule has 0 radical (unpaired) electrons. The van der Waals surface area contributed by atoms with E-state index in [1.54, 1.807) is 26.9 Å². The summed E-state index contributed by atoms with van der Waals surface area (Å²) in [5.74, 6) is 7.28. The number of aryl methyl sites for hydroxylation is 5. The van der Waals surface area contributed by atoms with E-state index in [9.17, 15) is 0 Å². The normalized spacial score (nSPS) is 14.9. The molecule has 0 saturated carbocycles. The fourth-order valence-corrected chi connectivity index (χ4v) is 18.9. The molecule has 13 aromatic carbocycles. The second-order valence-electron chi connectivity index (χ2n) is 34.3. The van der Waals surface area contributed by atoms with Gasteiger partial charge < -0.3 is 0 Å². The predicted octanol–water partition coefficient (Wildman–Crippen LogP) is 29.9. The van der Waals surface area contributed by atoms with Crippen LogP contribution in [0.1, 0.15) is 260 Å². The van der Waals surface area contributed by atoms with Gasteiger partial charge in [0, 0.05) is 4.47 Å². The summed E-state index contributed by atoms with van der Waals surface area (Å²) in [6.07, 6.45) is 31.6. The van der Waals surface area contributed by atoms with Gasteiger partial charge in [-0.3, -0.25) is 0 Å². The van der Waals surface area contributed by atoms with Crippen molar-refractivity contribution in [2.45, 2.75) is 264 Å². The summed E-state index contributed by atoms with van der Waals surface area (Å²) in [6.45, 7) is 36.7. The van der Waals surface area contributed by atoms with Gasteiger partial charge in [0.15, 0.2) is 0 Å². The maximum Gasteiger partial charge on any atom is 0.0188 e. The van der Waals surface area contributed by atoms with Crippen LogP contribution in [0.5, 0.6) is 0 Å². The highest BCUT2D eigenvalue weighted by Gasteiger charge is 2.33. The van der Waals surface area contributed by atoms with Crippen LogP contribution in [-0.2, 0) is 32.1 Å². The Balaban J connectivity index is 1.15. The second kappa shape index (κ2) is 27.9. The number of halogens is 1. The quantitative estimate of drug-likeness (QED) is 0.0274. The largest absolute Gasteiger partial charge is 0.0628 e. The van der Waals surface area contributed by atoms with E-state index in [1.165, 1.54) is 263 Å². The average molecular weight is 1300 g/mol. The highest BCUT2D eigenvalue weighted by atomic mass is 79.9. The molecule has 0 spiro atoms. The van der Waals surface area contributed by atoms with Gasteiger partial charge in [-0.15, -0.1) is 0 Å². The lowest BCUT2D eigenvalue weighted by Crippen LogP contribution is -2.04. The summed E-state index contributed by atoms with van der Waals surface area (Å²) in [4.78, 5) is 0. The van der Waals surface area contributed by atoms with Crippen LogP contribution in [0.25, 0.3) is 129 Å². The monoisotopic (exact) mass is 1300 g/mol. The Hall–Kier alpha value is -4.98. The fourth-order valence-electron chi connectivity index (χ4n) is 18.4. The van der Waals surface area contributed by atoms with Gasteiger partial charge in [-0.25, -0.2) is 0 Å². The molecule has 0 fully saturated rings. The van der Waals surface area contributed by atoms with E-state index >= 15 is 0 Å². The van der Waals surface area contributed by atoms with Crippen LogP contribution in [0.2, 0.25) is 0 Å². The molecule has 0 aliphatic rings. The van der Waals surface area contributed by atoms with E-state index in [4.69, 9.17) is 0 Å². The van der Waals surface area contributed by atoms with Gasteiger partial charge in [-0.05, 0) is 293 Å². The third kappa shape index (κ3) is 13.2. The lowest BCUT2D eigenvalue weighted by atomic mass is 9.72. The van der Waals surface area contributed by atoms with Gasteiger partial charge in [0.1, 0.15) is 0 Å². The minimum Gasteiger partial charge on any atom is -0.0628 e. The lowest BCUT2D eigenvalue weighted by Gasteiger charge is -2.30. The molecule has 492 valence electrons. The number of fused-ring (bicyclic) bond motifs is 6. The first-order valence-corrected chi connectivity index (χ1v) is 39.5. The third-order valence-electron chi connectivity index (χ3n) is 23.9. The number of rotatable bonds is 35. The fraction of sp³-hybridized carbons (Fsp3) is 0.543. The van der Waals surface area contributed by atoms with Crippen LogP contribution in [0.15, 0.2) is 77.3 Å². The molecule has 0 heterocycles. The van der Waals surface area contributed by atoms with E-state index in [2.05, 4.69) is 193 Å². The maximum atomic E-state index is 4.31. The molecule has 0 bridgehead atoms. The number of hydrogen-bond acceptors (Lipinski definition) is 0. The minimum atomic E-state index is 0.693. The van der Waals surface area contributed by atoms with Gasteiger partial charge in [0.05, 0.1) is 0 Å². The molecule has 0 nitrogen and oxygen atoms in total. The Kier molecular flexibility index (Phi) is 20.0. The van der Waals surface area contributed by atoms with E-state index in [-0.39, 0.29) is 0 Å². The molecule has 13 aromatic rings. The van der Waals surface area contributed by atoms with Crippen molar-refractivity contribution in [2.75, 3.05) is 0 Å². The third-order valence-corrected chi connectivity index (χ3v) is 24.3. The molecule has 0 aliphatic heterocycles. The molecular formula is C92H117Br. The Morgan fingerprint density at radius 1 is 0.194 bits per heavy atom. The van der Waals surface area contributed by atoms with Crippen LogP contribution in [-0.4, -0.2) is 0 Å². The SMILES string of the molecule is CC(C)CCCC(C)CCc1cc2c3cc(Br)cc4c5cc(CCC(C)CCCC(C)C)cc6c7cc(CCC(C)CCCC(C)C)cc8c9cc(CCC(C)CCCC(C)C)cc%10c%11cc(CCC(C)CCCC(C)C)cc%12c(c1)c2c1c(c34)c(c56)c(c78)c(c%109)c1c%12%11. The highest BCUT2D eigenvalue weighted by Crippen LogP contribution is 2.61. The standard InChI is InChI=1S/C92H117Br/c1-53(2)21-16-26-58(11)31-36-63-41-69-71-43-64(37-32-59(12)27-17-22-54(3)4)45-73-75-47-66(39-34-61(14)29-19-24-56(7)8)49-77-79-51-68(93)52-80-78-50-67(40-35-62(15)30-20-25-57(9)10)48-76-74-46-65(38-33-60(13)28-18-23-55(5)6)44-72-70(42-63)81(69)87-88(82(71)73)90(84(75)77)92(86(79)80)91(85(76)78)89(87)83(72)74/h41-62H,16-40H2,1-15H3.